The summed E-state index contributed by atoms with van der Waals surface area (Å²) in [5.74, 6) is 0.728. The topological polar surface area (TPSA) is 70.6 Å². The van der Waals surface area contributed by atoms with Crippen molar-refractivity contribution >= 4 is 11.6 Å². The third kappa shape index (κ3) is 4.89. The Bertz CT molecular complexity index is 407. The van der Waals surface area contributed by atoms with Crippen LogP contribution in [0.3, 0.4) is 0 Å². The van der Waals surface area contributed by atoms with Crippen LogP contribution in [-0.2, 0) is 4.79 Å². The second kappa shape index (κ2) is 7.76. The molecule has 0 spiro atoms. The molecule has 0 fully saturated rings. The number of rotatable bonds is 7. The van der Waals surface area contributed by atoms with Crippen molar-refractivity contribution in [2.45, 2.75) is 19.9 Å². The summed E-state index contributed by atoms with van der Waals surface area (Å²) in [5, 5.41) is 15.0. The Labute approximate surface area is 114 Å². The van der Waals surface area contributed by atoms with Gasteiger partial charge in [0.1, 0.15) is 5.75 Å². The van der Waals surface area contributed by atoms with E-state index in [-0.39, 0.29) is 31.0 Å². The summed E-state index contributed by atoms with van der Waals surface area (Å²) >= 11 is 0. The number of aliphatic hydroxyl groups excluding tert-OH is 1. The number of nitrogens with one attached hydrogen (secondary N) is 2. The van der Waals surface area contributed by atoms with Crippen molar-refractivity contribution in [2.75, 3.05) is 25.6 Å². The molecule has 0 bridgehead atoms. The Balaban J connectivity index is 2.51. The Kier molecular flexibility index (Phi) is 6.32. The SMILES string of the molecule is COc1ccccc1NC(=O)CN[C@H](CO)C(C)C. The fourth-order valence-electron chi connectivity index (χ4n) is 1.68. The lowest BCUT2D eigenvalue weighted by Crippen LogP contribution is -2.41. The molecule has 0 radical (unpaired) electrons. The Morgan fingerprint density at radius 2 is 2.05 bits per heavy atom. The average molecular weight is 266 g/mol. The molecule has 1 atom stereocenters. The van der Waals surface area contributed by atoms with E-state index in [2.05, 4.69) is 10.6 Å². The second-order valence-electron chi connectivity index (χ2n) is 4.66. The van der Waals surface area contributed by atoms with Gasteiger partial charge in [-0.25, -0.2) is 0 Å². The highest BCUT2D eigenvalue weighted by atomic mass is 16.5. The zero-order chi connectivity index (χ0) is 14.3. The van der Waals surface area contributed by atoms with E-state index in [1.54, 1.807) is 19.2 Å². The first kappa shape index (κ1) is 15.5. The van der Waals surface area contributed by atoms with Gasteiger partial charge in [0.2, 0.25) is 5.91 Å². The van der Waals surface area contributed by atoms with Crippen LogP contribution in [0.2, 0.25) is 0 Å². The summed E-state index contributed by atoms with van der Waals surface area (Å²) in [5.41, 5.74) is 0.641. The maximum atomic E-state index is 11.8. The molecule has 1 rings (SSSR count). The molecule has 0 aliphatic rings. The number of para-hydroxylation sites is 2. The first-order chi connectivity index (χ1) is 9.08. The molecular formula is C14H22N2O3. The van der Waals surface area contributed by atoms with Gasteiger partial charge in [-0.1, -0.05) is 26.0 Å². The van der Waals surface area contributed by atoms with Crippen LogP contribution in [0.5, 0.6) is 5.75 Å². The molecule has 1 aromatic rings. The monoisotopic (exact) mass is 266 g/mol. The molecule has 19 heavy (non-hydrogen) atoms. The predicted octanol–water partition coefficient (Wildman–Crippen LogP) is 1.24. The second-order valence-corrected chi connectivity index (χ2v) is 4.66. The lowest BCUT2D eigenvalue weighted by molar-refractivity contribution is -0.115. The van der Waals surface area contributed by atoms with Crippen LogP contribution in [0.4, 0.5) is 5.69 Å². The van der Waals surface area contributed by atoms with E-state index in [1.807, 2.05) is 26.0 Å². The Hall–Kier alpha value is -1.59. The van der Waals surface area contributed by atoms with Crippen LogP contribution in [0.1, 0.15) is 13.8 Å². The number of hydrogen-bond acceptors (Lipinski definition) is 4. The van der Waals surface area contributed by atoms with Crippen molar-refractivity contribution in [1.82, 2.24) is 5.32 Å². The standard InChI is InChI=1S/C14H22N2O3/c1-10(2)12(9-17)15-8-14(18)16-11-6-4-5-7-13(11)19-3/h4-7,10,12,15,17H,8-9H2,1-3H3,(H,16,18)/t12-/m1/s1. The van der Waals surface area contributed by atoms with Crippen LogP contribution < -0.4 is 15.4 Å². The lowest BCUT2D eigenvalue weighted by atomic mass is 10.1. The van der Waals surface area contributed by atoms with Crippen molar-refractivity contribution in [3.8, 4) is 5.75 Å². The number of ether oxygens (including phenoxy) is 1. The van der Waals surface area contributed by atoms with Gasteiger partial charge in [0.05, 0.1) is 25.9 Å². The van der Waals surface area contributed by atoms with Gasteiger partial charge in [-0.05, 0) is 18.1 Å². The first-order valence-corrected chi connectivity index (χ1v) is 6.35. The highest BCUT2D eigenvalue weighted by Crippen LogP contribution is 2.22. The van der Waals surface area contributed by atoms with Gasteiger partial charge in [0, 0.05) is 6.04 Å². The molecule has 0 heterocycles. The number of aliphatic hydroxyl groups is 1. The highest BCUT2D eigenvalue weighted by Gasteiger charge is 2.13. The van der Waals surface area contributed by atoms with E-state index in [1.165, 1.54) is 0 Å². The Morgan fingerprint density at radius 3 is 2.63 bits per heavy atom. The largest absolute Gasteiger partial charge is 0.495 e. The summed E-state index contributed by atoms with van der Waals surface area (Å²) in [7, 11) is 1.56. The number of methoxy groups -OCH3 is 1. The molecule has 106 valence electrons. The van der Waals surface area contributed by atoms with E-state index < -0.39 is 0 Å². The molecule has 5 heteroatoms. The molecule has 3 N–H and O–H groups in total. The number of benzene rings is 1. The minimum Gasteiger partial charge on any atom is -0.495 e. The summed E-state index contributed by atoms with van der Waals surface area (Å²) in [6.07, 6.45) is 0. The third-order valence-electron chi connectivity index (χ3n) is 2.91. The normalized spacial score (nSPS) is 12.3. The highest BCUT2D eigenvalue weighted by molar-refractivity contribution is 5.93. The molecule has 0 unspecified atom stereocenters. The summed E-state index contributed by atoms with van der Waals surface area (Å²) in [6, 6.07) is 7.16. The molecule has 1 amide bonds. The van der Waals surface area contributed by atoms with Gasteiger partial charge in [-0.15, -0.1) is 0 Å². The first-order valence-electron chi connectivity index (χ1n) is 6.35. The van der Waals surface area contributed by atoms with E-state index in [0.29, 0.717) is 11.4 Å². The number of carbonyl (C=O) groups excluding carboxylic acids is 1. The fraction of sp³-hybridized carbons (Fsp3) is 0.500. The van der Waals surface area contributed by atoms with Crippen LogP contribution in [-0.4, -0.2) is 37.3 Å². The third-order valence-corrected chi connectivity index (χ3v) is 2.91. The molecule has 0 saturated carbocycles. The van der Waals surface area contributed by atoms with Crippen LogP contribution >= 0.6 is 0 Å². The van der Waals surface area contributed by atoms with Crippen molar-refractivity contribution < 1.29 is 14.6 Å². The van der Waals surface area contributed by atoms with E-state index in [4.69, 9.17) is 9.84 Å². The van der Waals surface area contributed by atoms with Gasteiger partial charge in [0.25, 0.3) is 0 Å². The number of carbonyl (C=O) groups is 1. The minimum atomic E-state index is -0.163. The van der Waals surface area contributed by atoms with Gasteiger partial charge in [-0.2, -0.15) is 0 Å². The number of anilines is 1. The van der Waals surface area contributed by atoms with Gasteiger partial charge < -0.3 is 20.5 Å². The minimum absolute atomic E-state index is 0.0135. The molecule has 0 aliphatic carbocycles. The summed E-state index contributed by atoms with van der Waals surface area (Å²) < 4.78 is 5.16. The summed E-state index contributed by atoms with van der Waals surface area (Å²) in [4.78, 5) is 11.8. The van der Waals surface area contributed by atoms with E-state index >= 15 is 0 Å². The van der Waals surface area contributed by atoms with Crippen molar-refractivity contribution in [3.05, 3.63) is 24.3 Å². The molecule has 5 nitrogen and oxygen atoms in total. The van der Waals surface area contributed by atoms with Gasteiger partial charge >= 0.3 is 0 Å². The van der Waals surface area contributed by atoms with Gasteiger partial charge in [0.15, 0.2) is 0 Å². The van der Waals surface area contributed by atoms with Crippen molar-refractivity contribution in [2.24, 2.45) is 5.92 Å². The van der Waals surface area contributed by atoms with Crippen molar-refractivity contribution in [1.29, 1.82) is 0 Å². The maximum absolute atomic E-state index is 11.8. The molecular weight excluding hydrogens is 244 g/mol. The molecule has 1 aromatic carbocycles. The fourth-order valence-corrected chi connectivity index (χ4v) is 1.68. The predicted molar refractivity (Wildman–Crippen MR) is 75.3 cm³/mol. The summed E-state index contributed by atoms with van der Waals surface area (Å²) in [6.45, 7) is 4.15. The smallest absolute Gasteiger partial charge is 0.238 e. The zero-order valence-electron chi connectivity index (χ0n) is 11.6. The quantitative estimate of drug-likeness (QED) is 0.694. The molecule has 0 aliphatic heterocycles. The van der Waals surface area contributed by atoms with Crippen molar-refractivity contribution in [3.63, 3.8) is 0 Å². The average Bonchev–Trinajstić information content (AvgIpc) is 2.39. The molecule has 0 aromatic heterocycles. The lowest BCUT2D eigenvalue weighted by Gasteiger charge is -2.19. The van der Waals surface area contributed by atoms with Crippen LogP contribution in [0, 0.1) is 5.92 Å². The number of amides is 1. The Morgan fingerprint density at radius 1 is 1.37 bits per heavy atom. The van der Waals surface area contributed by atoms with Crippen LogP contribution in [0.15, 0.2) is 24.3 Å². The van der Waals surface area contributed by atoms with E-state index in [0.717, 1.165) is 0 Å². The maximum Gasteiger partial charge on any atom is 0.238 e. The van der Waals surface area contributed by atoms with Gasteiger partial charge in [-0.3, -0.25) is 4.79 Å². The zero-order valence-corrected chi connectivity index (χ0v) is 11.6. The molecule has 0 saturated heterocycles. The van der Waals surface area contributed by atoms with Crippen LogP contribution in [0.25, 0.3) is 0 Å². The van der Waals surface area contributed by atoms with E-state index in [9.17, 15) is 4.79 Å². The number of hydrogen-bond donors (Lipinski definition) is 3.